The SMILES string of the molecule is O=C(CCOc1ccccc1)c1cccs1. The molecule has 0 aliphatic heterocycles. The summed E-state index contributed by atoms with van der Waals surface area (Å²) in [5.41, 5.74) is 0. The van der Waals surface area contributed by atoms with E-state index >= 15 is 0 Å². The van der Waals surface area contributed by atoms with Crippen LogP contribution in [0.5, 0.6) is 5.75 Å². The maximum Gasteiger partial charge on any atom is 0.176 e. The average Bonchev–Trinajstić information content (AvgIpc) is 2.84. The van der Waals surface area contributed by atoms with Crippen molar-refractivity contribution in [2.45, 2.75) is 6.42 Å². The van der Waals surface area contributed by atoms with Crippen LogP contribution in [-0.2, 0) is 0 Å². The van der Waals surface area contributed by atoms with E-state index in [0.717, 1.165) is 10.6 Å². The zero-order valence-electron chi connectivity index (χ0n) is 8.76. The van der Waals surface area contributed by atoms with Crippen molar-refractivity contribution >= 4 is 17.1 Å². The van der Waals surface area contributed by atoms with E-state index in [1.165, 1.54) is 11.3 Å². The summed E-state index contributed by atoms with van der Waals surface area (Å²) in [6.07, 6.45) is 0.426. The number of carbonyl (C=O) groups is 1. The second kappa shape index (κ2) is 5.47. The smallest absolute Gasteiger partial charge is 0.176 e. The van der Waals surface area contributed by atoms with Gasteiger partial charge in [-0.15, -0.1) is 11.3 Å². The maximum absolute atomic E-state index is 11.6. The number of rotatable bonds is 5. The van der Waals surface area contributed by atoms with Gasteiger partial charge in [-0.2, -0.15) is 0 Å². The maximum atomic E-state index is 11.6. The summed E-state index contributed by atoms with van der Waals surface area (Å²) in [6, 6.07) is 13.3. The van der Waals surface area contributed by atoms with Crippen LogP contribution in [0.3, 0.4) is 0 Å². The molecular weight excluding hydrogens is 220 g/mol. The lowest BCUT2D eigenvalue weighted by Gasteiger charge is -2.04. The molecule has 0 N–H and O–H groups in total. The van der Waals surface area contributed by atoms with Crippen LogP contribution in [0.2, 0.25) is 0 Å². The monoisotopic (exact) mass is 232 g/mol. The number of carbonyl (C=O) groups excluding carboxylic acids is 1. The van der Waals surface area contributed by atoms with E-state index in [2.05, 4.69) is 0 Å². The first-order valence-electron chi connectivity index (χ1n) is 5.11. The Morgan fingerprint density at radius 2 is 1.94 bits per heavy atom. The first-order valence-corrected chi connectivity index (χ1v) is 5.99. The first-order chi connectivity index (χ1) is 7.86. The Labute approximate surface area is 98.5 Å². The summed E-state index contributed by atoms with van der Waals surface area (Å²) in [5.74, 6) is 0.951. The third kappa shape index (κ3) is 2.94. The van der Waals surface area contributed by atoms with Crippen molar-refractivity contribution in [3.05, 3.63) is 52.7 Å². The summed E-state index contributed by atoms with van der Waals surface area (Å²) in [6.45, 7) is 0.431. The molecule has 82 valence electrons. The third-order valence-electron chi connectivity index (χ3n) is 2.14. The van der Waals surface area contributed by atoms with Crippen molar-refractivity contribution in [2.75, 3.05) is 6.61 Å². The lowest BCUT2D eigenvalue weighted by atomic mass is 10.2. The van der Waals surface area contributed by atoms with Gasteiger partial charge in [0.25, 0.3) is 0 Å². The zero-order chi connectivity index (χ0) is 11.2. The van der Waals surface area contributed by atoms with Crippen LogP contribution >= 0.6 is 11.3 Å². The highest BCUT2D eigenvalue weighted by molar-refractivity contribution is 7.12. The topological polar surface area (TPSA) is 26.3 Å². The molecule has 1 aromatic heterocycles. The van der Waals surface area contributed by atoms with Gasteiger partial charge in [-0.25, -0.2) is 0 Å². The average molecular weight is 232 g/mol. The molecule has 2 rings (SSSR count). The molecule has 3 heteroatoms. The van der Waals surface area contributed by atoms with Crippen molar-refractivity contribution in [1.29, 1.82) is 0 Å². The molecule has 0 saturated heterocycles. The fourth-order valence-electron chi connectivity index (χ4n) is 1.34. The standard InChI is InChI=1S/C13H12O2S/c14-12(13-7-4-10-16-13)8-9-15-11-5-2-1-3-6-11/h1-7,10H,8-9H2. The lowest BCUT2D eigenvalue weighted by Crippen LogP contribution is -2.05. The predicted octanol–water partition coefficient (Wildman–Crippen LogP) is 3.40. The Morgan fingerprint density at radius 1 is 1.12 bits per heavy atom. The molecule has 0 bridgehead atoms. The van der Waals surface area contributed by atoms with Gasteiger partial charge in [0.05, 0.1) is 11.5 Å². The van der Waals surface area contributed by atoms with Gasteiger partial charge in [0, 0.05) is 6.42 Å². The molecule has 0 aliphatic rings. The quantitative estimate of drug-likeness (QED) is 0.738. The van der Waals surface area contributed by atoms with Crippen molar-refractivity contribution in [2.24, 2.45) is 0 Å². The van der Waals surface area contributed by atoms with Crippen LogP contribution < -0.4 is 4.74 Å². The highest BCUT2D eigenvalue weighted by atomic mass is 32.1. The second-order valence-corrected chi connectivity index (χ2v) is 4.26. The van der Waals surface area contributed by atoms with Gasteiger partial charge >= 0.3 is 0 Å². The zero-order valence-corrected chi connectivity index (χ0v) is 9.57. The van der Waals surface area contributed by atoms with Crippen molar-refractivity contribution < 1.29 is 9.53 Å². The van der Waals surface area contributed by atoms with E-state index < -0.39 is 0 Å². The van der Waals surface area contributed by atoms with Crippen LogP contribution in [0.25, 0.3) is 0 Å². The summed E-state index contributed by atoms with van der Waals surface area (Å²) in [7, 11) is 0. The molecule has 1 heterocycles. The molecule has 1 aromatic carbocycles. The minimum absolute atomic E-state index is 0.144. The third-order valence-corrected chi connectivity index (χ3v) is 3.05. The minimum Gasteiger partial charge on any atom is -0.493 e. The minimum atomic E-state index is 0.144. The van der Waals surface area contributed by atoms with Crippen LogP contribution in [0, 0.1) is 0 Å². The second-order valence-electron chi connectivity index (χ2n) is 3.31. The number of ketones is 1. The van der Waals surface area contributed by atoms with E-state index in [9.17, 15) is 4.79 Å². The van der Waals surface area contributed by atoms with Gasteiger partial charge in [0.2, 0.25) is 0 Å². The number of thiophene rings is 1. The Balaban J connectivity index is 1.79. The van der Waals surface area contributed by atoms with Gasteiger partial charge in [-0.05, 0) is 23.6 Å². The van der Waals surface area contributed by atoms with Crippen LogP contribution in [-0.4, -0.2) is 12.4 Å². The Hall–Kier alpha value is -1.61. The highest BCUT2D eigenvalue weighted by Crippen LogP contribution is 2.12. The largest absolute Gasteiger partial charge is 0.493 e. The van der Waals surface area contributed by atoms with Gasteiger partial charge in [-0.3, -0.25) is 4.79 Å². The molecule has 0 atom stereocenters. The van der Waals surface area contributed by atoms with Crippen LogP contribution in [0.1, 0.15) is 16.1 Å². The van der Waals surface area contributed by atoms with Gasteiger partial charge in [0.1, 0.15) is 5.75 Å². The molecule has 0 fully saturated rings. The molecule has 0 unspecified atom stereocenters. The van der Waals surface area contributed by atoms with E-state index in [-0.39, 0.29) is 5.78 Å². The van der Waals surface area contributed by atoms with Crippen molar-refractivity contribution in [1.82, 2.24) is 0 Å². The Bertz CT molecular complexity index is 434. The van der Waals surface area contributed by atoms with Crippen LogP contribution in [0.15, 0.2) is 47.8 Å². The first kappa shape index (κ1) is 10.9. The van der Waals surface area contributed by atoms with E-state index in [1.807, 2.05) is 47.8 Å². The fraction of sp³-hybridized carbons (Fsp3) is 0.154. The number of hydrogen-bond acceptors (Lipinski definition) is 3. The van der Waals surface area contributed by atoms with E-state index in [4.69, 9.17) is 4.74 Å². The summed E-state index contributed by atoms with van der Waals surface area (Å²) in [4.78, 5) is 12.4. The number of para-hydroxylation sites is 1. The van der Waals surface area contributed by atoms with Gasteiger partial charge < -0.3 is 4.74 Å². The fourth-order valence-corrected chi connectivity index (χ4v) is 2.03. The van der Waals surface area contributed by atoms with Crippen molar-refractivity contribution in [3.63, 3.8) is 0 Å². The molecular formula is C13H12O2S. The van der Waals surface area contributed by atoms with Gasteiger partial charge in [-0.1, -0.05) is 24.3 Å². The molecule has 0 saturated carbocycles. The predicted molar refractivity (Wildman–Crippen MR) is 65.2 cm³/mol. The molecule has 0 radical (unpaired) electrons. The molecule has 2 aromatic rings. The molecule has 0 amide bonds. The number of ether oxygens (including phenoxy) is 1. The number of benzene rings is 1. The summed E-state index contributed by atoms with van der Waals surface area (Å²) < 4.78 is 5.46. The highest BCUT2D eigenvalue weighted by Gasteiger charge is 2.06. The lowest BCUT2D eigenvalue weighted by molar-refractivity contribution is 0.0966. The number of hydrogen-bond donors (Lipinski definition) is 0. The summed E-state index contributed by atoms with van der Waals surface area (Å²) >= 11 is 1.47. The molecule has 0 aliphatic carbocycles. The van der Waals surface area contributed by atoms with E-state index in [0.29, 0.717) is 13.0 Å². The van der Waals surface area contributed by atoms with E-state index in [1.54, 1.807) is 0 Å². The Morgan fingerprint density at radius 3 is 2.62 bits per heavy atom. The molecule has 2 nitrogen and oxygen atoms in total. The molecule has 16 heavy (non-hydrogen) atoms. The van der Waals surface area contributed by atoms with Crippen molar-refractivity contribution in [3.8, 4) is 5.75 Å². The number of Topliss-reactive ketones (excluding diaryl/α,β-unsaturated/α-hetero) is 1. The van der Waals surface area contributed by atoms with Gasteiger partial charge in [0.15, 0.2) is 5.78 Å². The summed E-state index contributed by atoms with van der Waals surface area (Å²) in [5, 5.41) is 1.91. The Kier molecular flexibility index (Phi) is 3.72. The molecule has 0 spiro atoms. The van der Waals surface area contributed by atoms with Crippen LogP contribution in [0.4, 0.5) is 0 Å². The normalized spacial score (nSPS) is 10.0.